The number of hydrogen-bond donors (Lipinski definition) is 2. The van der Waals surface area contributed by atoms with Gasteiger partial charge in [-0.1, -0.05) is 12.1 Å². The van der Waals surface area contributed by atoms with Gasteiger partial charge in [0, 0.05) is 6.20 Å². The lowest BCUT2D eigenvalue weighted by Gasteiger charge is -2.08. The van der Waals surface area contributed by atoms with Crippen molar-refractivity contribution >= 4 is 5.91 Å². The van der Waals surface area contributed by atoms with Gasteiger partial charge in [-0.15, -0.1) is 0 Å². The second-order valence-corrected chi connectivity index (χ2v) is 4.47. The van der Waals surface area contributed by atoms with Crippen LogP contribution in [0.4, 0.5) is 0 Å². The van der Waals surface area contributed by atoms with E-state index in [0.29, 0.717) is 6.54 Å². The molecule has 0 aliphatic carbocycles. The minimum atomic E-state index is -0.303. The summed E-state index contributed by atoms with van der Waals surface area (Å²) in [6.07, 6.45) is 1.69. The van der Waals surface area contributed by atoms with E-state index in [2.05, 4.69) is 10.3 Å². The maximum Gasteiger partial charge on any atom is 0.255 e. The molecule has 0 saturated carbocycles. The molecule has 2 aromatic rings. The van der Waals surface area contributed by atoms with Crippen molar-refractivity contribution < 1.29 is 9.90 Å². The van der Waals surface area contributed by atoms with E-state index in [4.69, 9.17) is 0 Å². The van der Waals surface area contributed by atoms with E-state index < -0.39 is 0 Å². The lowest BCUT2D eigenvalue weighted by atomic mass is 10.1. The van der Waals surface area contributed by atoms with Gasteiger partial charge in [0.05, 0.1) is 17.8 Å². The predicted molar refractivity (Wildman–Crippen MR) is 73.0 cm³/mol. The topological polar surface area (TPSA) is 62.2 Å². The van der Waals surface area contributed by atoms with E-state index >= 15 is 0 Å². The average molecular weight is 256 g/mol. The van der Waals surface area contributed by atoms with Crippen LogP contribution in [0, 0.1) is 13.8 Å². The first kappa shape index (κ1) is 13.1. The van der Waals surface area contributed by atoms with E-state index in [-0.39, 0.29) is 17.2 Å². The van der Waals surface area contributed by atoms with Crippen molar-refractivity contribution in [3.05, 3.63) is 58.9 Å². The van der Waals surface area contributed by atoms with Gasteiger partial charge in [-0.2, -0.15) is 0 Å². The quantitative estimate of drug-likeness (QED) is 0.886. The molecule has 1 aromatic carbocycles. The zero-order valence-corrected chi connectivity index (χ0v) is 11.0. The first-order valence-electron chi connectivity index (χ1n) is 6.06. The summed E-state index contributed by atoms with van der Waals surface area (Å²) in [6.45, 7) is 4.15. The number of phenolic OH excluding ortho intramolecular Hbond substituents is 1. The smallest absolute Gasteiger partial charge is 0.255 e. The molecule has 0 aliphatic rings. The van der Waals surface area contributed by atoms with Crippen molar-refractivity contribution in [1.29, 1.82) is 0 Å². The molecule has 1 aromatic heterocycles. The fourth-order valence-corrected chi connectivity index (χ4v) is 1.80. The van der Waals surface area contributed by atoms with Crippen LogP contribution in [0.2, 0.25) is 0 Å². The van der Waals surface area contributed by atoms with Crippen LogP contribution in [0.3, 0.4) is 0 Å². The number of carbonyl (C=O) groups is 1. The molecule has 0 bridgehead atoms. The average Bonchev–Trinajstić information content (AvgIpc) is 2.37. The summed E-state index contributed by atoms with van der Waals surface area (Å²) < 4.78 is 0. The number of aromatic nitrogens is 1. The summed E-state index contributed by atoms with van der Waals surface area (Å²) >= 11 is 0. The fraction of sp³-hybridized carbons (Fsp3) is 0.200. The molecule has 4 nitrogen and oxygen atoms in total. The van der Waals surface area contributed by atoms with E-state index in [1.54, 1.807) is 24.4 Å². The van der Waals surface area contributed by atoms with Gasteiger partial charge in [0.2, 0.25) is 0 Å². The zero-order chi connectivity index (χ0) is 13.8. The molecule has 0 saturated heterocycles. The normalized spacial score (nSPS) is 10.2. The molecule has 4 heteroatoms. The van der Waals surface area contributed by atoms with Gasteiger partial charge in [0.1, 0.15) is 5.75 Å². The molecule has 0 unspecified atom stereocenters. The molecular formula is C15H16N2O2. The Balaban J connectivity index is 2.08. The minimum absolute atomic E-state index is 0.00440. The van der Waals surface area contributed by atoms with Crippen LogP contribution in [0.15, 0.2) is 36.5 Å². The number of carbonyl (C=O) groups excluding carboxylic acids is 1. The summed E-state index contributed by atoms with van der Waals surface area (Å²) in [4.78, 5) is 16.2. The number of benzene rings is 1. The Bertz CT molecular complexity index is 609. The summed E-state index contributed by atoms with van der Waals surface area (Å²) in [5.74, 6) is -0.308. The molecule has 1 amide bonds. The summed E-state index contributed by atoms with van der Waals surface area (Å²) in [5.41, 5.74) is 3.03. The molecule has 0 atom stereocenters. The Labute approximate surface area is 112 Å². The van der Waals surface area contributed by atoms with Gasteiger partial charge >= 0.3 is 0 Å². The SMILES string of the molecule is Cc1ccc(C(=O)NCc2ncccc2C)c(O)c1. The summed E-state index contributed by atoms with van der Waals surface area (Å²) in [7, 11) is 0. The van der Waals surface area contributed by atoms with Crippen LogP contribution < -0.4 is 5.32 Å². The van der Waals surface area contributed by atoms with Crippen molar-refractivity contribution in [2.75, 3.05) is 0 Å². The molecular weight excluding hydrogens is 240 g/mol. The van der Waals surface area contributed by atoms with Crippen LogP contribution in [0.5, 0.6) is 5.75 Å². The highest BCUT2D eigenvalue weighted by molar-refractivity contribution is 5.96. The van der Waals surface area contributed by atoms with Gasteiger partial charge in [0.15, 0.2) is 0 Å². The number of amides is 1. The Morgan fingerprint density at radius 3 is 2.79 bits per heavy atom. The Morgan fingerprint density at radius 2 is 2.11 bits per heavy atom. The second-order valence-electron chi connectivity index (χ2n) is 4.47. The maximum atomic E-state index is 12.0. The molecule has 0 aliphatic heterocycles. The van der Waals surface area contributed by atoms with Crippen molar-refractivity contribution in [1.82, 2.24) is 10.3 Å². The van der Waals surface area contributed by atoms with E-state index in [1.165, 1.54) is 0 Å². The third kappa shape index (κ3) is 3.10. The van der Waals surface area contributed by atoms with Crippen molar-refractivity contribution in [2.45, 2.75) is 20.4 Å². The fourth-order valence-electron chi connectivity index (χ4n) is 1.80. The molecule has 0 spiro atoms. The van der Waals surface area contributed by atoms with Crippen molar-refractivity contribution in [3.63, 3.8) is 0 Å². The highest BCUT2D eigenvalue weighted by Gasteiger charge is 2.11. The standard InChI is InChI=1S/C15H16N2O2/c1-10-5-6-12(14(18)8-10)15(19)17-9-13-11(2)4-3-7-16-13/h3-8,18H,9H2,1-2H3,(H,17,19). The number of phenols is 1. The number of pyridine rings is 1. The van der Waals surface area contributed by atoms with Gasteiger partial charge < -0.3 is 10.4 Å². The van der Waals surface area contributed by atoms with Crippen LogP contribution in [-0.2, 0) is 6.54 Å². The van der Waals surface area contributed by atoms with Crippen molar-refractivity contribution in [3.8, 4) is 5.75 Å². The molecule has 98 valence electrons. The van der Waals surface area contributed by atoms with E-state index in [9.17, 15) is 9.90 Å². The first-order chi connectivity index (χ1) is 9.08. The predicted octanol–water partition coefficient (Wildman–Crippen LogP) is 2.33. The Kier molecular flexibility index (Phi) is 3.80. The number of nitrogens with one attached hydrogen (secondary N) is 1. The largest absolute Gasteiger partial charge is 0.507 e. The third-order valence-electron chi connectivity index (χ3n) is 2.93. The number of nitrogens with zero attached hydrogens (tertiary/aromatic N) is 1. The third-order valence-corrected chi connectivity index (χ3v) is 2.93. The number of rotatable bonds is 3. The molecule has 2 N–H and O–H groups in total. The summed E-state index contributed by atoms with van der Waals surface area (Å²) in [6, 6.07) is 8.77. The monoisotopic (exact) mass is 256 g/mol. The van der Waals surface area contributed by atoms with E-state index in [1.807, 2.05) is 26.0 Å². The highest BCUT2D eigenvalue weighted by Crippen LogP contribution is 2.18. The van der Waals surface area contributed by atoms with Gasteiger partial charge in [-0.05, 0) is 43.2 Å². The zero-order valence-electron chi connectivity index (χ0n) is 11.0. The van der Waals surface area contributed by atoms with E-state index in [0.717, 1.165) is 16.8 Å². The molecule has 1 heterocycles. The molecule has 0 radical (unpaired) electrons. The maximum absolute atomic E-state index is 12.0. The lowest BCUT2D eigenvalue weighted by molar-refractivity contribution is 0.0947. The molecule has 0 fully saturated rings. The number of aryl methyl sites for hydroxylation is 2. The number of aromatic hydroxyl groups is 1. The Hall–Kier alpha value is -2.36. The van der Waals surface area contributed by atoms with Gasteiger partial charge in [-0.3, -0.25) is 9.78 Å². The summed E-state index contributed by atoms with van der Waals surface area (Å²) in [5, 5.41) is 12.5. The molecule has 2 rings (SSSR count). The van der Waals surface area contributed by atoms with Crippen LogP contribution >= 0.6 is 0 Å². The molecule has 19 heavy (non-hydrogen) atoms. The van der Waals surface area contributed by atoms with Crippen molar-refractivity contribution in [2.24, 2.45) is 0 Å². The number of hydrogen-bond acceptors (Lipinski definition) is 3. The minimum Gasteiger partial charge on any atom is -0.507 e. The van der Waals surface area contributed by atoms with Crippen LogP contribution in [0.25, 0.3) is 0 Å². The van der Waals surface area contributed by atoms with Crippen LogP contribution in [0.1, 0.15) is 27.2 Å². The first-order valence-corrected chi connectivity index (χ1v) is 6.06. The van der Waals surface area contributed by atoms with Gasteiger partial charge in [-0.25, -0.2) is 0 Å². The second kappa shape index (κ2) is 5.52. The highest BCUT2D eigenvalue weighted by atomic mass is 16.3. The van der Waals surface area contributed by atoms with Crippen LogP contribution in [-0.4, -0.2) is 16.0 Å². The lowest BCUT2D eigenvalue weighted by Crippen LogP contribution is -2.23. The Morgan fingerprint density at radius 1 is 1.32 bits per heavy atom. The van der Waals surface area contributed by atoms with Gasteiger partial charge in [0.25, 0.3) is 5.91 Å².